The van der Waals surface area contributed by atoms with Crippen molar-refractivity contribution >= 4 is 19.7 Å². The zero-order valence-electron chi connectivity index (χ0n) is 22.8. The molecule has 32 heavy (non-hydrogen) atoms. The van der Waals surface area contributed by atoms with Crippen LogP contribution in [0.15, 0.2) is 9.98 Å². The highest BCUT2D eigenvalue weighted by molar-refractivity contribution is 6.69. The van der Waals surface area contributed by atoms with Crippen LogP contribution in [0.4, 0.5) is 0 Å². The summed E-state index contributed by atoms with van der Waals surface area (Å²) in [6.45, 7) is 19.3. The summed E-state index contributed by atoms with van der Waals surface area (Å²) in [6.07, 6.45) is 14.1. The normalized spacial score (nSPS) is 32.9. The van der Waals surface area contributed by atoms with E-state index in [9.17, 15) is 0 Å². The van der Waals surface area contributed by atoms with Gasteiger partial charge in [-0.2, -0.15) is 0 Å². The van der Waals surface area contributed by atoms with Crippen LogP contribution in [0.3, 0.4) is 0 Å². The molecule has 0 radical (unpaired) electrons. The van der Waals surface area contributed by atoms with Crippen LogP contribution in [0.2, 0.25) is 19.6 Å². The van der Waals surface area contributed by atoms with Gasteiger partial charge in [0.1, 0.15) is 0 Å². The molecule has 4 heteroatoms. The van der Waals surface area contributed by atoms with Crippen LogP contribution in [-0.2, 0) is 4.43 Å². The summed E-state index contributed by atoms with van der Waals surface area (Å²) in [4.78, 5) is 11.0. The Hall–Kier alpha value is -0.483. The van der Waals surface area contributed by atoms with Crippen LogP contribution in [0.25, 0.3) is 0 Å². The molecule has 0 bridgehead atoms. The molecule has 0 aromatic heterocycles. The predicted molar refractivity (Wildman–Crippen MR) is 145 cm³/mol. The van der Waals surface area contributed by atoms with Crippen LogP contribution in [0.5, 0.6) is 0 Å². The summed E-state index contributed by atoms with van der Waals surface area (Å²) < 4.78 is 6.28. The fraction of sp³-hybridized carbons (Fsp3) is 0.929. The highest BCUT2D eigenvalue weighted by atomic mass is 28.4. The van der Waals surface area contributed by atoms with Gasteiger partial charge in [0.05, 0.1) is 23.5 Å². The Morgan fingerprint density at radius 1 is 0.719 bits per heavy atom. The summed E-state index contributed by atoms with van der Waals surface area (Å²) in [5.74, 6) is 2.95. The van der Waals surface area contributed by atoms with Crippen LogP contribution in [-0.4, -0.2) is 38.4 Å². The zero-order chi connectivity index (χ0) is 23.7. The molecule has 0 saturated heterocycles. The lowest BCUT2D eigenvalue weighted by molar-refractivity contribution is 0.211. The molecule has 4 unspecified atom stereocenters. The highest BCUT2D eigenvalue weighted by Crippen LogP contribution is 2.37. The average molecular weight is 463 g/mol. The van der Waals surface area contributed by atoms with Crippen molar-refractivity contribution in [1.82, 2.24) is 0 Å². The third kappa shape index (κ3) is 8.08. The molecule has 0 aliphatic heterocycles. The first-order valence-corrected chi connectivity index (χ1v) is 17.4. The van der Waals surface area contributed by atoms with Crippen molar-refractivity contribution in [3.05, 3.63) is 0 Å². The molecule has 2 rings (SSSR count). The van der Waals surface area contributed by atoms with E-state index in [-0.39, 0.29) is 0 Å². The third-order valence-corrected chi connectivity index (χ3v) is 9.34. The summed E-state index contributed by atoms with van der Waals surface area (Å²) in [7, 11) is -1.52. The lowest BCUT2D eigenvalue weighted by Gasteiger charge is -2.37. The van der Waals surface area contributed by atoms with Crippen molar-refractivity contribution in [3.63, 3.8) is 0 Å². The molecule has 4 atom stereocenters. The summed E-state index contributed by atoms with van der Waals surface area (Å²) >= 11 is 0. The largest absolute Gasteiger partial charge is 0.417 e. The zero-order valence-corrected chi connectivity index (χ0v) is 23.8. The van der Waals surface area contributed by atoms with Crippen molar-refractivity contribution in [3.8, 4) is 0 Å². The SMILES string of the molecule is CCC1CCCC(CC)C1N=C(C)C(CCO[Si](C)(C)C)=NC1C(CC)CCCC1CC. The maximum absolute atomic E-state index is 6.28. The van der Waals surface area contributed by atoms with Crippen LogP contribution in [0, 0.1) is 23.7 Å². The van der Waals surface area contributed by atoms with Gasteiger partial charge in [-0.15, -0.1) is 0 Å². The first kappa shape index (κ1) is 27.8. The van der Waals surface area contributed by atoms with E-state index in [1.165, 1.54) is 75.6 Å². The van der Waals surface area contributed by atoms with E-state index in [2.05, 4.69) is 54.3 Å². The number of hydrogen-bond donors (Lipinski definition) is 0. The average Bonchev–Trinajstić information content (AvgIpc) is 2.77. The lowest BCUT2D eigenvalue weighted by atomic mass is 9.74. The molecular formula is C28H54N2OSi. The molecule has 0 heterocycles. The first-order valence-electron chi connectivity index (χ1n) is 14.0. The number of rotatable bonds is 11. The van der Waals surface area contributed by atoms with E-state index in [0.717, 1.165) is 36.7 Å². The van der Waals surface area contributed by atoms with Gasteiger partial charge < -0.3 is 4.43 Å². The van der Waals surface area contributed by atoms with Gasteiger partial charge in [0, 0.05) is 13.0 Å². The van der Waals surface area contributed by atoms with Crippen molar-refractivity contribution in [1.29, 1.82) is 0 Å². The summed E-state index contributed by atoms with van der Waals surface area (Å²) in [5.41, 5.74) is 2.46. The van der Waals surface area contributed by atoms with E-state index in [0.29, 0.717) is 12.1 Å². The maximum Gasteiger partial charge on any atom is 0.183 e. The van der Waals surface area contributed by atoms with Crippen LogP contribution < -0.4 is 0 Å². The van der Waals surface area contributed by atoms with Crippen LogP contribution in [0.1, 0.15) is 105 Å². The van der Waals surface area contributed by atoms with E-state index < -0.39 is 8.32 Å². The summed E-state index contributed by atoms with van der Waals surface area (Å²) in [5, 5.41) is 0. The quantitative estimate of drug-likeness (QED) is 0.224. The molecule has 0 aromatic carbocycles. The van der Waals surface area contributed by atoms with E-state index >= 15 is 0 Å². The Balaban J connectivity index is 2.35. The Kier molecular flexibility index (Phi) is 11.6. The molecule has 0 N–H and O–H groups in total. The van der Waals surface area contributed by atoms with Crippen molar-refractivity contribution in [2.75, 3.05) is 6.61 Å². The second-order valence-corrected chi connectivity index (χ2v) is 16.0. The molecule has 0 aromatic rings. The number of aliphatic imine (C=N–C) groups is 2. The molecule has 2 aliphatic rings. The molecule has 186 valence electrons. The minimum absolute atomic E-state index is 0.473. The van der Waals surface area contributed by atoms with Gasteiger partial charge in [-0.05, 0) is 75.9 Å². The van der Waals surface area contributed by atoms with Gasteiger partial charge in [-0.25, -0.2) is 0 Å². The van der Waals surface area contributed by atoms with Crippen molar-refractivity contribution in [2.24, 2.45) is 33.7 Å². The summed E-state index contributed by atoms with van der Waals surface area (Å²) in [6, 6.07) is 0.957. The van der Waals surface area contributed by atoms with Gasteiger partial charge in [0.15, 0.2) is 8.32 Å². The second kappa shape index (κ2) is 13.4. The minimum Gasteiger partial charge on any atom is -0.417 e. The van der Waals surface area contributed by atoms with Gasteiger partial charge in [-0.1, -0.05) is 66.2 Å². The van der Waals surface area contributed by atoms with Crippen LogP contribution >= 0.6 is 0 Å². The molecule has 2 fully saturated rings. The van der Waals surface area contributed by atoms with E-state index in [1.54, 1.807) is 0 Å². The Labute approximate surface area is 201 Å². The molecule has 0 spiro atoms. The molecular weight excluding hydrogens is 408 g/mol. The number of nitrogens with zero attached hydrogens (tertiary/aromatic N) is 2. The molecule has 2 saturated carbocycles. The first-order chi connectivity index (χ1) is 15.2. The fourth-order valence-electron chi connectivity index (χ4n) is 6.21. The predicted octanol–water partition coefficient (Wildman–Crippen LogP) is 8.34. The standard InChI is InChI=1S/C28H54N2OSi/c1-9-22-15-13-16-23(10-2)27(22)29-21(5)26(19-20-31-32(6,7)8)30-28-24(11-3)17-14-18-25(28)12-4/h22-25,27-28H,9-20H2,1-8H3. The molecule has 2 aliphatic carbocycles. The van der Waals surface area contributed by atoms with Gasteiger partial charge in [-0.3, -0.25) is 9.98 Å². The highest BCUT2D eigenvalue weighted by Gasteiger charge is 2.33. The Morgan fingerprint density at radius 3 is 1.50 bits per heavy atom. The van der Waals surface area contributed by atoms with E-state index in [1.807, 2.05) is 0 Å². The second-order valence-electron chi connectivity index (χ2n) is 11.5. The third-order valence-electron chi connectivity index (χ3n) is 8.27. The Morgan fingerprint density at radius 2 is 1.12 bits per heavy atom. The molecule has 3 nitrogen and oxygen atoms in total. The van der Waals surface area contributed by atoms with Gasteiger partial charge in [0.2, 0.25) is 0 Å². The van der Waals surface area contributed by atoms with Crippen molar-refractivity contribution in [2.45, 2.75) is 137 Å². The lowest BCUT2D eigenvalue weighted by Crippen LogP contribution is -2.35. The van der Waals surface area contributed by atoms with Crippen molar-refractivity contribution < 1.29 is 4.43 Å². The minimum atomic E-state index is -1.52. The Bertz CT molecular complexity index is 585. The van der Waals surface area contributed by atoms with Gasteiger partial charge >= 0.3 is 0 Å². The number of hydrogen-bond acceptors (Lipinski definition) is 3. The maximum atomic E-state index is 6.28. The monoisotopic (exact) mass is 462 g/mol. The van der Waals surface area contributed by atoms with E-state index in [4.69, 9.17) is 14.4 Å². The topological polar surface area (TPSA) is 34.0 Å². The smallest absolute Gasteiger partial charge is 0.183 e. The molecule has 0 amide bonds. The van der Waals surface area contributed by atoms with Gasteiger partial charge in [0.25, 0.3) is 0 Å². The fourth-order valence-corrected chi connectivity index (χ4v) is 6.93.